The molecule has 0 N–H and O–H groups in total. The number of pyridine rings is 1. The van der Waals surface area contributed by atoms with Gasteiger partial charge < -0.3 is 4.90 Å². The summed E-state index contributed by atoms with van der Waals surface area (Å²) in [6.07, 6.45) is 4.58. The van der Waals surface area contributed by atoms with Gasteiger partial charge in [-0.05, 0) is 54.3 Å². The second-order valence-electron chi connectivity index (χ2n) is 4.43. The lowest BCUT2D eigenvalue weighted by Crippen LogP contribution is -2.35. The first-order chi connectivity index (χ1) is 7.18. The molecule has 0 saturated carbocycles. The van der Waals surface area contributed by atoms with Crippen LogP contribution in [0.1, 0.15) is 25.3 Å². The highest BCUT2D eigenvalue weighted by Crippen LogP contribution is 2.26. The Bertz CT molecular complexity index is 351. The van der Waals surface area contributed by atoms with Crippen molar-refractivity contribution in [2.24, 2.45) is 5.92 Å². The Kier molecular flexibility index (Phi) is 3.49. The summed E-state index contributed by atoms with van der Waals surface area (Å²) in [4.78, 5) is 6.95. The largest absolute Gasteiger partial charge is 0.356 e. The average molecular weight is 316 g/mol. The van der Waals surface area contributed by atoms with Crippen LogP contribution in [0, 0.1) is 16.4 Å². The van der Waals surface area contributed by atoms with Gasteiger partial charge in [0.15, 0.2) is 0 Å². The van der Waals surface area contributed by atoms with Crippen molar-refractivity contribution in [2.75, 3.05) is 18.0 Å². The second kappa shape index (κ2) is 4.68. The molecule has 1 aliphatic heterocycles. The monoisotopic (exact) mass is 316 g/mol. The van der Waals surface area contributed by atoms with E-state index >= 15 is 0 Å². The van der Waals surface area contributed by atoms with Gasteiger partial charge in [-0.1, -0.05) is 6.92 Å². The molecule has 0 spiro atoms. The Hall–Kier alpha value is -0.320. The van der Waals surface area contributed by atoms with E-state index in [1.165, 1.54) is 27.8 Å². The third kappa shape index (κ3) is 2.44. The summed E-state index contributed by atoms with van der Waals surface area (Å²) in [5, 5.41) is 0. The lowest BCUT2D eigenvalue weighted by atomic mass is 10.00. The number of hydrogen-bond donors (Lipinski definition) is 0. The molecule has 3 heteroatoms. The van der Waals surface area contributed by atoms with E-state index in [1.807, 2.05) is 6.20 Å². The van der Waals surface area contributed by atoms with Gasteiger partial charge in [-0.15, -0.1) is 0 Å². The van der Waals surface area contributed by atoms with E-state index in [2.05, 4.69) is 52.4 Å². The van der Waals surface area contributed by atoms with Crippen LogP contribution in [0.3, 0.4) is 0 Å². The van der Waals surface area contributed by atoms with Crippen LogP contribution in [0.25, 0.3) is 0 Å². The molecule has 1 atom stereocenters. The Morgan fingerprint density at radius 1 is 1.53 bits per heavy atom. The molecular formula is C12H17IN2. The highest BCUT2D eigenvalue weighted by Gasteiger charge is 2.19. The Balaban J connectivity index is 2.24. The van der Waals surface area contributed by atoms with Gasteiger partial charge >= 0.3 is 0 Å². The predicted octanol–water partition coefficient (Wildman–Crippen LogP) is 3.23. The fraction of sp³-hybridized carbons (Fsp3) is 0.583. The van der Waals surface area contributed by atoms with Crippen LogP contribution in [0.2, 0.25) is 0 Å². The molecule has 1 aromatic rings. The van der Waals surface area contributed by atoms with Gasteiger partial charge in [0.1, 0.15) is 5.82 Å². The summed E-state index contributed by atoms with van der Waals surface area (Å²) in [6.45, 7) is 6.82. The zero-order chi connectivity index (χ0) is 10.8. The molecule has 1 aromatic heterocycles. The van der Waals surface area contributed by atoms with Gasteiger partial charge in [0, 0.05) is 28.4 Å². The Labute approximate surface area is 105 Å². The van der Waals surface area contributed by atoms with Gasteiger partial charge in [0.25, 0.3) is 0 Å². The van der Waals surface area contributed by atoms with Crippen molar-refractivity contribution in [3.63, 3.8) is 0 Å². The van der Waals surface area contributed by atoms with Crippen LogP contribution in [-0.4, -0.2) is 18.1 Å². The first kappa shape index (κ1) is 11.2. The highest BCUT2D eigenvalue weighted by atomic mass is 127. The topological polar surface area (TPSA) is 16.1 Å². The van der Waals surface area contributed by atoms with E-state index in [0.29, 0.717) is 0 Å². The molecule has 1 saturated heterocycles. The summed E-state index contributed by atoms with van der Waals surface area (Å²) < 4.78 is 1.32. The number of halogens is 1. The predicted molar refractivity (Wildman–Crippen MR) is 72.3 cm³/mol. The van der Waals surface area contributed by atoms with Crippen molar-refractivity contribution in [2.45, 2.75) is 26.7 Å². The Morgan fingerprint density at radius 3 is 3.07 bits per heavy atom. The molecule has 0 amide bonds. The van der Waals surface area contributed by atoms with Crippen molar-refractivity contribution in [3.8, 4) is 0 Å². The van der Waals surface area contributed by atoms with Gasteiger partial charge in [-0.25, -0.2) is 4.98 Å². The van der Waals surface area contributed by atoms with Crippen LogP contribution in [0.4, 0.5) is 5.82 Å². The van der Waals surface area contributed by atoms with Crippen LogP contribution in [0.5, 0.6) is 0 Å². The summed E-state index contributed by atoms with van der Waals surface area (Å²) >= 11 is 2.38. The quantitative estimate of drug-likeness (QED) is 0.740. The minimum Gasteiger partial charge on any atom is -0.356 e. The molecule has 15 heavy (non-hydrogen) atoms. The number of nitrogens with zero attached hydrogens (tertiary/aromatic N) is 2. The first-order valence-electron chi connectivity index (χ1n) is 5.54. The van der Waals surface area contributed by atoms with Gasteiger partial charge in [0.2, 0.25) is 0 Å². The van der Waals surface area contributed by atoms with Crippen molar-refractivity contribution in [3.05, 3.63) is 21.4 Å². The molecule has 82 valence electrons. The molecule has 0 radical (unpaired) electrons. The molecule has 1 unspecified atom stereocenters. The van der Waals surface area contributed by atoms with E-state index in [9.17, 15) is 0 Å². The lowest BCUT2D eigenvalue weighted by Gasteiger charge is -2.32. The first-order valence-corrected chi connectivity index (χ1v) is 6.62. The third-order valence-corrected chi connectivity index (χ3v) is 4.24. The molecule has 2 rings (SSSR count). The van der Waals surface area contributed by atoms with E-state index < -0.39 is 0 Å². The van der Waals surface area contributed by atoms with Gasteiger partial charge in [-0.2, -0.15) is 0 Å². The second-order valence-corrected chi connectivity index (χ2v) is 5.60. The molecule has 2 nitrogen and oxygen atoms in total. The van der Waals surface area contributed by atoms with Gasteiger partial charge in [0.05, 0.1) is 0 Å². The van der Waals surface area contributed by atoms with E-state index in [1.54, 1.807) is 0 Å². The number of piperidine rings is 1. The van der Waals surface area contributed by atoms with Crippen molar-refractivity contribution in [1.82, 2.24) is 4.98 Å². The van der Waals surface area contributed by atoms with Gasteiger partial charge in [-0.3, -0.25) is 0 Å². The SMILES string of the molecule is Cc1c(I)ccnc1N1CCCC(C)C1. The molecule has 0 bridgehead atoms. The highest BCUT2D eigenvalue weighted by molar-refractivity contribution is 14.1. The molecule has 0 aromatic carbocycles. The summed E-state index contributed by atoms with van der Waals surface area (Å²) in [5.41, 5.74) is 1.33. The summed E-state index contributed by atoms with van der Waals surface area (Å²) in [6, 6.07) is 2.08. The zero-order valence-electron chi connectivity index (χ0n) is 9.33. The molecule has 0 aliphatic carbocycles. The van der Waals surface area contributed by atoms with Crippen LogP contribution < -0.4 is 4.90 Å². The number of hydrogen-bond acceptors (Lipinski definition) is 2. The molecule has 1 aliphatic rings. The minimum absolute atomic E-state index is 0.804. The van der Waals surface area contributed by atoms with Crippen LogP contribution >= 0.6 is 22.6 Å². The van der Waals surface area contributed by atoms with E-state index in [-0.39, 0.29) is 0 Å². The smallest absolute Gasteiger partial charge is 0.132 e. The summed E-state index contributed by atoms with van der Waals surface area (Å²) in [5.74, 6) is 1.99. The van der Waals surface area contributed by atoms with Crippen LogP contribution in [0.15, 0.2) is 12.3 Å². The fourth-order valence-electron chi connectivity index (χ4n) is 2.20. The molecule has 1 fully saturated rings. The number of aromatic nitrogens is 1. The maximum atomic E-state index is 4.52. The normalized spacial score (nSPS) is 21.8. The number of anilines is 1. The maximum Gasteiger partial charge on any atom is 0.132 e. The van der Waals surface area contributed by atoms with E-state index in [4.69, 9.17) is 0 Å². The summed E-state index contributed by atoms with van der Waals surface area (Å²) in [7, 11) is 0. The lowest BCUT2D eigenvalue weighted by molar-refractivity contribution is 0.444. The van der Waals surface area contributed by atoms with Crippen molar-refractivity contribution < 1.29 is 0 Å². The maximum absolute atomic E-state index is 4.52. The minimum atomic E-state index is 0.804. The average Bonchev–Trinajstić information content (AvgIpc) is 2.22. The molecular weight excluding hydrogens is 299 g/mol. The fourth-order valence-corrected chi connectivity index (χ4v) is 2.60. The number of rotatable bonds is 1. The zero-order valence-corrected chi connectivity index (χ0v) is 11.5. The standard InChI is InChI=1S/C12H17IN2/c1-9-4-3-7-15(8-9)12-10(2)11(13)5-6-14-12/h5-6,9H,3-4,7-8H2,1-2H3. The van der Waals surface area contributed by atoms with Crippen molar-refractivity contribution in [1.29, 1.82) is 0 Å². The third-order valence-electron chi connectivity index (χ3n) is 3.07. The molecule has 2 heterocycles. The van der Waals surface area contributed by atoms with E-state index in [0.717, 1.165) is 19.0 Å². The Morgan fingerprint density at radius 2 is 2.33 bits per heavy atom. The van der Waals surface area contributed by atoms with Crippen molar-refractivity contribution >= 4 is 28.4 Å². The van der Waals surface area contributed by atoms with Crippen LogP contribution in [-0.2, 0) is 0 Å².